The molecule has 12 heteroatoms. The lowest BCUT2D eigenvalue weighted by Crippen LogP contribution is -2.27. The van der Waals surface area contributed by atoms with Crippen molar-refractivity contribution in [2.75, 3.05) is 27.3 Å². The second-order valence-corrected chi connectivity index (χ2v) is 9.38. The Labute approximate surface area is 190 Å². The quantitative estimate of drug-likeness (QED) is 0.450. The first kappa shape index (κ1) is 22.8. The van der Waals surface area contributed by atoms with Gasteiger partial charge in [0.1, 0.15) is 22.1 Å². The van der Waals surface area contributed by atoms with Crippen LogP contribution in [-0.2, 0) is 28.4 Å². The van der Waals surface area contributed by atoms with E-state index in [2.05, 4.69) is 10.1 Å². The number of nitrogens with zero attached hydrogens (tertiary/aromatic N) is 4. The van der Waals surface area contributed by atoms with Gasteiger partial charge < -0.3 is 23.3 Å². The second-order valence-electron chi connectivity index (χ2n) is 7.44. The molecule has 33 heavy (non-hydrogen) atoms. The predicted octanol–water partition coefficient (Wildman–Crippen LogP) is 2.23. The number of carbonyl (C=O) groups excluding carboxylic acids is 1. The van der Waals surface area contributed by atoms with Crippen molar-refractivity contribution in [2.45, 2.75) is 24.3 Å². The maximum Gasteiger partial charge on any atom is 0.355 e. The van der Waals surface area contributed by atoms with E-state index in [1.54, 1.807) is 32.4 Å². The van der Waals surface area contributed by atoms with Gasteiger partial charge in [-0.15, -0.1) is 0 Å². The van der Waals surface area contributed by atoms with Crippen LogP contribution < -0.4 is 9.47 Å². The Hall–Kier alpha value is -3.38. The third-order valence-corrected chi connectivity index (χ3v) is 7.20. The minimum Gasteiger partial charge on any atom is -0.497 e. The van der Waals surface area contributed by atoms with E-state index in [-0.39, 0.29) is 28.9 Å². The van der Waals surface area contributed by atoms with E-state index in [1.807, 2.05) is 0 Å². The van der Waals surface area contributed by atoms with E-state index >= 15 is 0 Å². The van der Waals surface area contributed by atoms with Crippen molar-refractivity contribution in [1.82, 2.24) is 19.0 Å². The van der Waals surface area contributed by atoms with Gasteiger partial charge in [-0.1, -0.05) is 5.16 Å². The first-order valence-corrected chi connectivity index (χ1v) is 11.7. The molecule has 1 aliphatic rings. The average molecular weight is 477 g/mol. The molecule has 176 valence electrons. The van der Waals surface area contributed by atoms with Crippen molar-refractivity contribution in [1.29, 1.82) is 0 Å². The summed E-state index contributed by atoms with van der Waals surface area (Å²) in [6.07, 6.45) is 3.07. The highest BCUT2D eigenvalue weighted by Crippen LogP contribution is 2.31. The second kappa shape index (κ2) is 9.24. The summed E-state index contributed by atoms with van der Waals surface area (Å²) in [6, 6.07) is 6.47. The summed E-state index contributed by atoms with van der Waals surface area (Å²) < 4.78 is 49.3. The van der Waals surface area contributed by atoms with Crippen LogP contribution in [0.2, 0.25) is 0 Å². The zero-order valence-electron chi connectivity index (χ0n) is 18.5. The van der Waals surface area contributed by atoms with E-state index < -0.39 is 16.0 Å². The van der Waals surface area contributed by atoms with Crippen LogP contribution in [0.3, 0.4) is 0 Å². The highest BCUT2D eigenvalue weighted by atomic mass is 32.2. The molecule has 2 aromatic heterocycles. The molecule has 3 heterocycles. The van der Waals surface area contributed by atoms with Gasteiger partial charge in [-0.25, -0.2) is 13.2 Å². The van der Waals surface area contributed by atoms with Crippen molar-refractivity contribution in [2.24, 2.45) is 7.05 Å². The lowest BCUT2D eigenvalue weighted by atomic mass is 10.2. The summed E-state index contributed by atoms with van der Waals surface area (Å²) in [5.74, 6) is 0.743. The van der Waals surface area contributed by atoms with Gasteiger partial charge in [0.25, 0.3) is 5.89 Å². The highest BCUT2D eigenvalue weighted by Gasteiger charge is 2.30. The van der Waals surface area contributed by atoms with Gasteiger partial charge in [-0.05, 0) is 31.0 Å². The molecule has 0 radical (unpaired) electrons. The fourth-order valence-corrected chi connectivity index (χ4v) is 5.15. The van der Waals surface area contributed by atoms with Crippen LogP contribution in [-0.4, -0.2) is 60.7 Å². The molecule has 1 aromatic carbocycles. The number of aryl methyl sites for hydroxylation is 1. The number of hydrogen-bond donors (Lipinski definition) is 0. The maximum absolute atomic E-state index is 12.7. The smallest absolute Gasteiger partial charge is 0.355 e. The van der Waals surface area contributed by atoms with Crippen LogP contribution in [0.5, 0.6) is 11.5 Å². The summed E-state index contributed by atoms with van der Waals surface area (Å²) in [7, 11) is 1.01. The largest absolute Gasteiger partial charge is 0.497 e. The van der Waals surface area contributed by atoms with Gasteiger partial charge in [-0.3, -0.25) is 0 Å². The molecule has 0 N–H and O–H groups in total. The maximum atomic E-state index is 12.7. The van der Waals surface area contributed by atoms with Crippen molar-refractivity contribution in [3.05, 3.63) is 42.0 Å². The van der Waals surface area contributed by atoms with Crippen molar-refractivity contribution >= 4 is 16.0 Å². The molecule has 0 spiro atoms. The van der Waals surface area contributed by atoms with Crippen molar-refractivity contribution in [3.8, 4) is 22.9 Å². The number of carbonyl (C=O) groups is 1. The lowest BCUT2D eigenvalue weighted by Gasteiger charge is -2.13. The number of methoxy groups -OCH3 is 2. The van der Waals surface area contributed by atoms with Crippen LogP contribution in [0.15, 0.2) is 39.9 Å². The average Bonchev–Trinajstić information content (AvgIpc) is 3.58. The molecule has 1 aliphatic heterocycles. The summed E-state index contributed by atoms with van der Waals surface area (Å²) in [5, 5.41) is 3.91. The van der Waals surface area contributed by atoms with Crippen LogP contribution in [0.4, 0.5) is 0 Å². The SMILES string of the molecule is COc1ccc(-c2noc(COC(=O)c3cc(S(=O)(=O)N4CCCC4)cn3C)n2)c(OC)c1. The molecule has 0 saturated carbocycles. The fraction of sp³-hybridized carbons (Fsp3) is 0.381. The van der Waals surface area contributed by atoms with E-state index in [0.717, 1.165) is 12.8 Å². The molecule has 1 saturated heterocycles. The van der Waals surface area contributed by atoms with Gasteiger partial charge in [-0.2, -0.15) is 9.29 Å². The van der Waals surface area contributed by atoms with E-state index in [9.17, 15) is 13.2 Å². The molecule has 0 bridgehead atoms. The third kappa shape index (κ3) is 4.57. The van der Waals surface area contributed by atoms with E-state index in [1.165, 1.54) is 28.2 Å². The Kier molecular flexibility index (Phi) is 6.38. The van der Waals surface area contributed by atoms with Gasteiger partial charge >= 0.3 is 5.97 Å². The molecular formula is C21H24N4O7S. The Balaban J connectivity index is 1.45. The van der Waals surface area contributed by atoms with Crippen molar-refractivity contribution < 1.29 is 31.9 Å². The minimum absolute atomic E-state index is 0.0607. The number of hydrogen-bond acceptors (Lipinski definition) is 9. The Morgan fingerprint density at radius 3 is 2.61 bits per heavy atom. The summed E-state index contributed by atoms with van der Waals surface area (Å²) in [4.78, 5) is 16.9. The first-order valence-electron chi connectivity index (χ1n) is 10.2. The van der Waals surface area contributed by atoms with Crippen LogP contribution >= 0.6 is 0 Å². The molecule has 1 fully saturated rings. The molecule has 0 atom stereocenters. The first-order chi connectivity index (χ1) is 15.8. The Morgan fingerprint density at radius 2 is 1.91 bits per heavy atom. The highest BCUT2D eigenvalue weighted by molar-refractivity contribution is 7.89. The van der Waals surface area contributed by atoms with Gasteiger partial charge in [0, 0.05) is 32.4 Å². The zero-order valence-corrected chi connectivity index (χ0v) is 19.3. The van der Waals surface area contributed by atoms with Crippen LogP contribution in [0.1, 0.15) is 29.2 Å². The lowest BCUT2D eigenvalue weighted by molar-refractivity contribution is 0.0418. The molecule has 3 aromatic rings. The number of ether oxygens (including phenoxy) is 3. The molecular weight excluding hydrogens is 452 g/mol. The number of esters is 1. The molecule has 4 rings (SSSR count). The zero-order chi connectivity index (χ0) is 23.6. The topological polar surface area (TPSA) is 126 Å². The van der Waals surface area contributed by atoms with Gasteiger partial charge in [0.05, 0.1) is 19.8 Å². The third-order valence-electron chi connectivity index (χ3n) is 5.34. The standard InChI is InChI=1S/C21H24N4O7S/c1-24-12-15(33(27,28)25-8-4-5-9-25)11-17(24)21(26)31-13-19-22-20(23-32-19)16-7-6-14(29-2)10-18(16)30-3/h6-7,10-12H,4-5,8-9,13H2,1-3H3. The van der Waals surface area contributed by atoms with Gasteiger partial charge in [0.2, 0.25) is 15.8 Å². The number of aromatic nitrogens is 3. The molecule has 0 aliphatic carbocycles. The Bertz CT molecular complexity index is 1260. The molecule has 0 amide bonds. The van der Waals surface area contributed by atoms with E-state index in [4.69, 9.17) is 18.7 Å². The monoisotopic (exact) mass is 476 g/mol. The number of sulfonamides is 1. The fourth-order valence-electron chi connectivity index (χ4n) is 3.56. The van der Waals surface area contributed by atoms with E-state index in [0.29, 0.717) is 30.2 Å². The normalized spacial score (nSPS) is 14.4. The van der Waals surface area contributed by atoms with Crippen molar-refractivity contribution in [3.63, 3.8) is 0 Å². The predicted molar refractivity (Wildman–Crippen MR) is 115 cm³/mol. The van der Waals surface area contributed by atoms with Gasteiger partial charge in [0.15, 0.2) is 6.61 Å². The summed E-state index contributed by atoms with van der Waals surface area (Å²) in [5.41, 5.74) is 0.683. The number of rotatable bonds is 8. The van der Waals surface area contributed by atoms with Crippen LogP contribution in [0.25, 0.3) is 11.4 Å². The summed E-state index contributed by atoms with van der Waals surface area (Å²) in [6.45, 7) is 0.689. The number of benzene rings is 1. The summed E-state index contributed by atoms with van der Waals surface area (Å²) >= 11 is 0. The Morgan fingerprint density at radius 1 is 1.15 bits per heavy atom. The minimum atomic E-state index is -3.64. The van der Waals surface area contributed by atoms with Crippen LogP contribution in [0, 0.1) is 0 Å². The molecule has 11 nitrogen and oxygen atoms in total. The molecule has 0 unspecified atom stereocenters.